The summed E-state index contributed by atoms with van der Waals surface area (Å²) in [4.78, 5) is 15.4. The Kier molecular flexibility index (Phi) is 5.41. The van der Waals surface area contributed by atoms with E-state index in [1.807, 2.05) is 0 Å². The third kappa shape index (κ3) is 5.10. The number of pyridine rings is 1. The second-order valence-electron chi connectivity index (χ2n) is 5.18. The monoisotopic (exact) mass is 286 g/mol. The number of aromatic nitrogens is 1. The fourth-order valence-electron chi connectivity index (χ4n) is 1.47. The van der Waals surface area contributed by atoms with Crippen LogP contribution in [0.4, 0.5) is 14.9 Å². The van der Waals surface area contributed by atoms with Crippen molar-refractivity contribution in [2.45, 2.75) is 32.5 Å². The molecule has 6 nitrogen and oxygen atoms in total. The molecule has 0 saturated heterocycles. The van der Waals surface area contributed by atoms with Crippen molar-refractivity contribution in [3.05, 3.63) is 23.8 Å². The van der Waals surface area contributed by atoms with Gasteiger partial charge in [-0.2, -0.15) is 0 Å². The smallest absolute Gasteiger partial charge is 0.412 e. The molecular weight excluding hydrogens is 267 g/mol. The number of anilines is 1. The Balaban J connectivity index is 2.92. The molecule has 0 aliphatic rings. The zero-order valence-electron chi connectivity index (χ0n) is 11.9. The summed E-state index contributed by atoms with van der Waals surface area (Å²) in [7, 11) is 1.41. The standard InChI is InChI=1S/C13H19FN2O4/c1-13(2,3)20-12(18)16-9-5-8(14)6-15-11(9)10(17)7-19-4/h5-6,10,17H,7H2,1-4H3,(H,16,18). The van der Waals surface area contributed by atoms with Crippen molar-refractivity contribution in [1.29, 1.82) is 0 Å². The first-order valence-corrected chi connectivity index (χ1v) is 6.05. The van der Waals surface area contributed by atoms with E-state index in [2.05, 4.69) is 10.3 Å². The summed E-state index contributed by atoms with van der Waals surface area (Å²) in [6.07, 6.45) is -0.879. The number of methoxy groups -OCH3 is 1. The van der Waals surface area contributed by atoms with Crippen molar-refractivity contribution in [2.24, 2.45) is 0 Å². The molecule has 1 unspecified atom stereocenters. The maximum atomic E-state index is 13.2. The number of carbonyl (C=O) groups excluding carboxylic acids is 1. The van der Waals surface area contributed by atoms with Crippen molar-refractivity contribution < 1.29 is 23.8 Å². The molecule has 7 heteroatoms. The highest BCUT2D eigenvalue weighted by atomic mass is 19.1. The van der Waals surface area contributed by atoms with Crippen LogP contribution < -0.4 is 5.32 Å². The lowest BCUT2D eigenvalue weighted by Crippen LogP contribution is -2.28. The first-order valence-electron chi connectivity index (χ1n) is 6.05. The Morgan fingerprint density at radius 1 is 1.55 bits per heavy atom. The molecule has 112 valence electrons. The van der Waals surface area contributed by atoms with Crippen LogP contribution in [-0.4, -0.2) is 35.5 Å². The quantitative estimate of drug-likeness (QED) is 0.887. The van der Waals surface area contributed by atoms with Crippen LogP contribution in [0.5, 0.6) is 0 Å². The molecule has 1 aromatic rings. The van der Waals surface area contributed by atoms with Gasteiger partial charge in [0, 0.05) is 13.2 Å². The van der Waals surface area contributed by atoms with E-state index in [0.717, 1.165) is 12.3 Å². The SMILES string of the molecule is COCC(O)c1ncc(F)cc1NC(=O)OC(C)(C)C. The predicted octanol–water partition coefficient (Wildman–Crippen LogP) is 2.25. The van der Waals surface area contributed by atoms with Crippen molar-refractivity contribution >= 4 is 11.8 Å². The van der Waals surface area contributed by atoms with Gasteiger partial charge in [-0.15, -0.1) is 0 Å². The Morgan fingerprint density at radius 3 is 2.75 bits per heavy atom. The van der Waals surface area contributed by atoms with Gasteiger partial charge in [0.05, 0.1) is 24.2 Å². The fourth-order valence-corrected chi connectivity index (χ4v) is 1.47. The highest BCUT2D eigenvalue weighted by Gasteiger charge is 2.20. The van der Waals surface area contributed by atoms with E-state index in [-0.39, 0.29) is 18.0 Å². The van der Waals surface area contributed by atoms with Crippen LogP contribution in [0, 0.1) is 5.82 Å². The van der Waals surface area contributed by atoms with Gasteiger partial charge in [-0.05, 0) is 20.8 Å². The third-order valence-corrected chi connectivity index (χ3v) is 2.16. The van der Waals surface area contributed by atoms with E-state index in [9.17, 15) is 14.3 Å². The number of aliphatic hydroxyl groups excluding tert-OH is 1. The highest BCUT2D eigenvalue weighted by molar-refractivity contribution is 5.85. The van der Waals surface area contributed by atoms with Gasteiger partial charge in [0.15, 0.2) is 0 Å². The Morgan fingerprint density at radius 2 is 2.20 bits per heavy atom. The molecule has 0 aromatic carbocycles. The van der Waals surface area contributed by atoms with E-state index >= 15 is 0 Å². The van der Waals surface area contributed by atoms with E-state index in [1.165, 1.54) is 7.11 Å². The zero-order chi connectivity index (χ0) is 15.3. The summed E-state index contributed by atoms with van der Waals surface area (Å²) in [5.41, 5.74) is -0.529. The van der Waals surface area contributed by atoms with Gasteiger partial charge in [-0.1, -0.05) is 0 Å². The molecule has 1 atom stereocenters. The maximum absolute atomic E-state index is 13.2. The van der Waals surface area contributed by atoms with Crippen LogP contribution in [0.3, 0.4) is 0 Å². The van der Waals surface area contributed by atoms with Crippen molar-refractivity contribution in [3.63, 3.8) is 0 Å². The van der Waals surface area contributed by atoms with Gasteiger partial charge in [-0.25, -0.2) is 9.18 Å². The molecule has 0 bridgehead atoms. The van der Waals surface area contributed by atoms with Crippen LogP contribution in [0.1, 0.15) is 32.6 Å². The summed E-state index contributed by atoms with van der Waals surface area (Å²) in [5, 5.41) is 12.2. The predicted molar refractivity (Wildman–Crippen MR) is 70.9 cm³/mol. The number of aliphatic hydroxyl groups is 1. The number of nitrogens with one attached hydrogen (secondary N) is 1. The second kappa shape index (κ2) is 6.62. The molecule has 0 saturated carbocycles. The minimum absolute atomic E-state index is 0.0262. The molecule has 2 N–H and O–H groups in total. The van der Waals surface area contributed by atoms with Gasteiger partial charge >= 0.3 is 6.09 Å². The average molecular weight is 286 g/mol. The molecular formula is C13H19FN2O4. The highest BCUT2D eigenvalue weighted by Crippen LogP contribution is 2.22. The molecule has 20 heavy (non-hydrogen) atoms. The summed E-state index contributed by atoms with van der Waals surface area (Å²) in [5.74, 6) is -0.635. The number of ether oxygens (including phenoxy) is 2. The first-order chi connectivity index (χ1) is 9.23. The van der Waals surface area contributed by atoms with E-state index in [4.69, 9.17) is 9.47 Å². The van der Waals surface area contributed by atoms with Crippen molar-refractivity contribution in [1.82, 2.24) is 4.98 Å². The van der Waals surface area contributed by atoms with Gasteiger partial charge in [0.1, 0.15) is 17.5 Å². The Hall–Kier alpha value is -1.73. The summed E-state index contributed by atoms with van der Waals surface area (Å²) in [6, 6.07) is 1.06. The minimum atomic E-state index is -1.08. The molecule has 1 heterocycles. The summed E-state index contributed by atoms with van der Waals surface area (Å²) in [6.45, 7) is 5.09. The van der Waals surface area contributed by atoms with Gasteiger partial charge in [0.25, 0.3) is 0 Å². The number of hydrogen-bond donors (Lipinski definition) is 2. The lowest BCUT2D eigenvalue weighted by molar-refractivity contribution is 0.0604. The fraction of sp³-hybridized carbons (Fsp3) is 0.538. The number of carbonyl (C=O) groups is 1. The van der Waals surface area contributed by atoms with Gasteiger partial charge in [0.2, 0.25) is 0 Å². The number of nitrogens with zero attached hydrogens (tertiary/aromatic N) is 1. The van der Waals surface area contributed by atoms with Crippen LogP contribution in [0.15, 0.2) is 12.3 Å². The van der Waals surface area contributed by atoms with E-state index in [0.29, 0.717) is 0 Å². The summed E-state index contributed by atoms with van der Waals surface area (Å²) >= 11 is 0. The normalized spacial score (nSPS) is 12.9. The van der Waals surface area contributed by atoms with Crippen LogP contribution in [-0.2, 0) is 9.47 Å². The molecule has 0 radical (unpaired) electrons. The zero-order valence-corrected chi connectivity index (χ0v) is 11.9. The lowest BCUT2D eigenvalue weighted by Gasteiger charge is -2.21. The van der Waals surface area contributed by atoms with Crippen molar-refractivity contribution in [3.8, 4) is 0 Å². The lowest BCUT2D eigenvalue weighted by atomic mass is 10.2. The van der Waals surface area contributed by atoms with Crippen LogP contribution in [0.2, 0.25) is 0 Å². The van der Waals surface area contributed by atoms with Gasteiger partial charge < -0.3 is 14.6 Å². The van der Waals surface area contributed by atoms with Crippen LogP contribution >= 0.6 is 0 Å². The van der Waals surface area contributed by atoms with E-state index < -0.39 is 23.6 Å². The number of hydrogen-bond acceptors (Lipinski definition) is 5. The topological polar surface area (TPSA) is 80.7 Å². The number of amides is 1. The minimum Gasteiger partial charge on any atom is -0.444 e. The molecule has 1 aromatic heterocycles. The molecule has 0 fully saturated rings. The maximum Gasteiger partial charge on any atom is 0.412 e. The third-order valence-electron chi connectivity index (χ3n) is 2.16. The average Bonchev–Trinajstić information content (AvgIpc) is 2.26. The Labute approximate surface area is 116 Å². The molecule has 1 amide bonds. The van der Waals surface area contributed by atoms with Crippen molar-refractivity contribution in [2.75, 3.05) is 19.0 Å². The van der Waals surface area contributed by atoms with Gasteiger partial charge in [-0.3, -0.25) is 10.3 Å². The van der Waals surface area contributed by atoms with E-state index in [1.54, 1.807) is 20.8 Å². The molecule has 0 spiro atoms. The number of rotatable bonds is 4. The second-order valence-corrected chi connectivity index (χ2v) is 5.18. The first kappa shape index (κ1) is 16.3. The Bertz CT molecular complexity index is 474. The molecule has 0 aliphatic heterocycles. The largest absolute Gasteiger partial charge is 0.444 e. The summed E-state index contributed by atoms with van der Waals surface area (Å²) < 4.78 is 23.1. The van der Waals surface area contributed by atoms with Crippen LogP contribution in [0.25, 0.3) is 0 Å². The molecule has 1 rings (SSSR count). The molecule has 0 aliphatic carbocycles. The number of halogens is 1.